The molecule has 1 atom stereocenters. The minimum absolute atomic E-state index is 0.230. The van der Waals surface area contributed by atoms with E-state index in [-0.39, 0.29) is 11.7 Å². The van der Waals surface area contributed by atoms with Crippen molar-refractivity contribution in [1.29, 1.82) is 0 Å². The second kappa shape index (κ2) is 5.68. The van der Waals surface area contributed by atoms with E-state index in [1.807, 2.05) is 13.8 Å². The average Bonchev–Trinajstić information content (AvgIpc) is 2.72. The number of carbonyl (C=O) groups excluding carboxylic acids is 1. The first-order chi connectivity index (χ1) is 7.63. The molecule has 0 amide bonds. The molecule has 1 heterocycles. The summed E-state index contributed by atoms with van der Waals surface area (Å²) in [6.07, 6.45) is 1.61. The first kappa shape index (κ1) is 12.7. The van der Waals surface area contributed by atoms with Crippen LogP contribution in [0.2, 0.25) is 0 Å². The third kappa shape index (κ3) is 2.62. The number of aryl methyl sites for hydroxylation is 1. The molecule has 1 rings (SSSR count). The van der Waals surface area contributed by atoms with Crippen LogP contribution in [0.4, 0.5) is 0 Å². The highest BCUT2D eigenvalue weighted by Crippen LogP contribution is 2.22. The van der Waals surface area contributed by atoms with Gasteiger partial charge in [0.05, 0.1) is 12.3 Å². The summed E-state index contributed by atoms with van der Waals surface area (Å²) in [5.41, 5.74) is 0.689. The van der Waals surface area contributed by atoms with Gasteiger partial charge in [-0.1, -0.05) is 20.8 Å². The highest BCUT2D eigenvalue weighted by molar-refractivity contribution is 5.87. The van der Waals surface area contributed by atoms with E-state index in [0.29, 0.717) is 24.6 Å². The van der Waals surface area contributed by atoms with Crippen LogP contribution in [0.5, 0.6) is 0 Å². The van der Waals surface area contributed by atoms with Gasteiger partial charge in [-0.15, -0.1) is 0 Å². The summed E-state index contributed by atoms with van der Waals surface area (Å²) in [7, 11) is 0. The lowest BCUT2D eigenvalue weighted by Crippen LogP contribution is -2.05. The molecular weight excluding hydrogens is 206 g/mol. The van der Waals surface area contributed by atoms with E-state index in [4.69, 9.17) is 9.15 Å². The van der Waals surface area contributed by atoms with Gasteiger partial charge in [0.1, 0.15) is 0 Å². The summed E-state index contributed by atoms with van der Waals surface area (Å²) in [5.74, 6) is 0.705. The molecule has 0 fully saturated rings. The number of hydrogen-bond donors (Lipinski definition) is 0. The number of oxazole rings is 1. The van der Waals surface area contributed by atoms with Crippen molar-refractivity contribution in [2.75, 3.05) is 6.61 Å². The Morgan fingerprint density at radius 3 is 2.62 bits per heavy atom. The molecule has 0 spiro atoms. The molecule has 4 nitrogen and oxygen atoms in total. The van der Waals surface area contributed by atoms with Gasteiger partial charge in [-0.25, -0.2) is 9.78 Å². The van der Waals surface area contributed by atoms with E-state index in [9.17, 15) is 4.79 Å². The lowest BCUT2D eigenvalue weighted by Gasteiger charge is -2.01. The van der Waals surface area contributed by atoms with Crippen LogP contribution < -0.4 is 0 Å². The lowest BCUT2D eigenvalue weighted by molar-refractivity contribution is 0.0486. The molecule has 4 heteroatoms. The molecule has 16 heavy (non-hydrogen) atoms. The molecule has 0 aliphatic rings. The smallest absolute Gasteiger partial charge is 0.376 e. The Kier molecular flexibility index (Phi) is 4.52. The van der Waals surface area contributed by atoms with E-state index in [2.05, 4.69) is 11.9 Å². The van der Waals surface area contributed by atoms with Crippen LogP contribution in [0, 0.1) is 0 Å². The fraction of sp³-hybridized carbons (Fsp3) is 0.667. The minimum atomic E-state index is -0.415. The molecule has 0 bridgehead atoms. The number of ether oxygens (including phenoxy) is 1. The van der Waals surface area contributed by atoms with Gasteiger partial charge in [-0.05, 0) is 19.8 Å². The van der Waals surface area contributed by atoms with E-state index in [0.717, 1.165) is 6.42 Å². The van der Waals surface area contributed by atoms with Crippen molar-refractivity contribution in [1.82, 2.24) is 4.98 Å². The Balaban J connectivity index is 2.99. The zero-order chi connectivity index (χ0) is 12.1. The molecule has 0 radical (unpaired) electrons. The number of esters is 1. The van der Waals surface area contributed by atoms with Gasteiger partial charge < -0.3 is 9.15 Å². The monoisotopic (exact) mass is 225 g/mol. The van der Waals surface area contributed by atoms with Gasteiger partial charge in [0.15, 0.2) is 5.89 Å². The van der Waals surface area contributed by atoms with Crippen molar-refractivity contribution in [3.8, 4) is 0 Å². The summed E-state index contributed by atoms with van der Waals surface area (Å²) in [6, 6.07) is 0. The van der Waals surface area contributed by atoms with Crippen LogP contribution in [0.25, 0.3) is 0 Å². The number of rotatable bonds is 5. The maximum atomic E-state index is 11.6. The fourth-order valence-electron chi connectivity index (χ4n) is 1.35. The van der Waals surface area contributed by atoms with Gasteiger partial charge in [-0.3, -0.25) is 0 Å². The molecule has 0 aliphatic heterocycles. The Morgan fingerprint density at radius 2 is 2.12 bits per heavy atom. The third-order valence-corrected chi connectivity index (χ3v) is 2.54. The summed E-state index contributed by atoms with van der Waals surface area (Å²) in [4.78, 5) is 15.9. The van der Waals surface area contributed by atoms with Crippen LogP contribution in [0.1, 0.15) is 62.2 Å². The van der Waals surface area contributed by atoms with Gasteiger partial charge in [0.25, 0.3) is 0 Å². The SMILES string of the molecule is CCOC(=O)c1oc(C(C)CC)nc1CC. The second-order valence-corrected chi connectivity index (χ2v) is 3.71. The Hall–Kier alpha value is -1.32. The number of aromatic nitrogens is 1. The summed E-state index contributed by atoms with van der Waals surface area (Å²) < 4.78 is 10.4. The molecular formula is C12H19NO3. The molecule has 0 aliphatic carbocycles. The molecule has 0 saturated heterocycles. The van der Waals surface area contributed by atoms with Crippen LogP contribution >= 0.6 is 0 Å². The highest BCUT2D eigenvalue weighted by atomic mass is 16.5. The molecule has 90 valence electrons. The number of nitrogens with zero attached hydrogens (tertiary/aromatic N) is 1. The average molecular weight is 225 g/mol. The quantitative estimate of drug-likeness (QED) is 0.723. The predicted molar refractivity (Wildman–Crippen MR) is 60.5 cm³/mol. The van der Waals surface area contributed by atoms with Gasteiger partial charge in [0.2, 0.25) is 5.76 Å². The fourth-order valence-corrected chi connectivity index (χ4v) is 1.35. The van der Waals surface area contributed by atoms with Crippen molar-refractivity contribution in [2.45, 2.75) is 46.5 Å². The number of carbonyl (C=O) groups is 1. The highest BCUT2D eigenvalue weighted by Gasteiger charge is 2.22. The summed E-state index contributed by atoms with van der Waals surface area (Å²) in [5, 5.41) is 0. The van der Waals surface area contributed by atoms with Gasteiger partial charge in [0, 0.05) is 5.92 Å². The van der Waals surface area contributed by atoms with Crippen molar-refractivity contribution >= 4 is 5.97 Å². The Labute approximate surface area is 96.0 Å². The van der Waals surface area contributed by atoms with E-state index in [1.165, 1.54) is 0 Å². The molecule has 1 unspecified atom stereocenters. The van der Waals surface area contributed by atoms with Crippen molar-refractivity contribution in [3.63, 3.8) is 0 Å². The molecule has 0 N–H and O–H groups in total. The minimum Gasteiger partial charge on any atom is -0.460 e. The Morgan fingerprint density at radius 1 is 1.44 bits per heavy atom. The van der Waals surface area contributed by atoms with E-state index < -0.39 is 5.97 Å². The molecule has 0 aromatic carbocycles. The topological polar surface area (TPSA) is 52.3 Å². The molecule has 0 saturated carbocycles. The van der Waals surface area contributed by atoms with Crippen LogP contribution in [0.3, 0.4) is 0 Å². The predicted octanol–water partition coefficient (Wildman–Crippen LogP) is 2.93. The largest absolute Gasteiger partial charge is 0.460 e. The molecule has 1 aromatic heterocycles. The van der Waals surface area contributed by atoms with Crippen molar-refractivity contribution in [2.24, 2.45) is 0 Å². The maximum Gasteiger partial charge on any atom is 0.376 e. The zero-order valence-corrected chi connectivity index (χ0v) is 10.4. The van der Waals surface area contributed by atoms with Crippen LogP contribution in [-0.4, -0.2) is 17.6 Å². The van der Waals surface area contributed by atoms with Crippen LogP contribution in [-0.2, 0) is 11.2 Å². The van der Waals surface area contributed by atoms with Gasteiger partial charge in [-0.2, -0.15) is 0 Å². The number of hydrogen-bond acceptors (Lipinski definition) is 4. The summed E-state index contributed by atoms with van der Waals surface area (Å²) >= 11 is 0. The Bertz CT molecular complexity index is 357. The maximum absolute atomic E-state index is 11.6. The standard InChI is InChI=1S/C12H19NO3/c1-5-8(4)11-13-9(6-2)10(16-11)12(14)15-7-3/h8H,5-7H2,1-4H3. The second-order valence-electron chi connectivity index (χ2n) is 3.71. The first-order valence-electron chi connectivity index (χ1n) is 5.80. The molecule has 1 aromatic rings. The summed E-state index contributed by atoms with van der Waals surface area (Å²) in [6.45, 7) is 8.16. The van der Waals surface area contributed by atoms with Crippen LogP contribution in [0.15, 0.2) is 4.42 Å². The normalized spacial score (nSPS) is 12.5. The third-order valence-electron chi connectivity index (χ3n) is 2.54. The lowest BCUT2D eigenvalue weighted by atomic mass is 10.1. The van der Waals surface area contributed by atoms with Crippen molar-refractivity contribution < 1.29 is 13.9 Å². The van der Waals surface area contributed by atoms with Crippen molar-refractivity contribution in [3.05, 3.63) is 17.3 Å². The van der Waals surface area contributed by atoms with Gasteiger partial charge >= 0.3 is 5.97 Å². The van der Waals surface area contributed by atoms with E-state index in [1.54, 1.807) is 6.92 Å². The zero-order valence-electron chi connectivity index (χ0n) is 10.4. The first-order valence-corrected chi connectivity index (χ1v) is 5.80. The van der Waals surface area contributed by atoms with E-state index >= 15 is 0 Å².